The minimum atomic E-state index is 0.127. The monoisotopic (exact) mass is 142 g/mol. The van der Waals surface area contributed by atoms with Gasteiger partial charge in [0.05, 0.1) is 0 Å². The molecule has 1 aliphatic rings. The molecule has 1 heterocycles. The normalized spacial score (nSPS) is 25.3. The quantitative estimate of drug-likeness (QED) is 0.547. The molecule has 0 bridgehead atoms. The Morgan fingerprint density at radius 2 is 2.33 bits per heavy atom. The molecule has 0 amide bonds. The van der Waals surface area contributed by atoms with Crippen LogP contribution in [0.1, 0.15) is 0 Å². The van der Waals surface area contributed by atoms with E-state index >= 15 is 0 Å². The maximum Gasteiger partial charge on any atom is 0.150 e. The van der Waals surface area contributed by atoms with Crippen LogP contribution >= 0.6 is 12.6 Å². The number of hydrogen-bond donors (Lipinski definition) is 1. The molecule has 3 heteroatoms. The molecule has 0 aliphatic carbocycles. The van der Waals surface area contributed by atoms with E-state index in [9.17, 15) is 0 Å². The van der Waals surface area contributed by atoms with Crippen molar-refractivity contribution in [1.29, 1.82) is 0 Å². The fraction of sp³-hybridized carbons (Fsp3) is 0.333. The lowest BCUT2D eigenvalue weighted by atomic mass is 10.8. The Morgan fingerprint density at radius 1 is 1.67 bits per heavy atom. The summed E-state index contributed by atoms with van der Waals surface area (Å²) in [4.78, 5) is 3.91. The number of nitrogens with zero attached hydrogens (tertiary/aromatic N) is 2. The van der Waals surface area contributed by atoms with E-state index in [1.54, 1.807) is 6.20 Å². The van der Waals surface area contributed by atoms with Crippen molar-refractivity contribution in [2.24, 2.45) is 0 Å². The summed E-state index contributed by atoms with van der Waals surface area (Å²) in [6, 6.07) is 0. The molecule has 2 nitrogen and oxygen atoms in total. The van der Waals surface area contributed by atoms with Gasteiger partial charge in [0.15, 0.2) is 5.50 Å². The van der Waals surface area contributed by atoms with Gasteiger partial charge in [0.25, 0.3) is 0 Å². The fourth-order valence-corrected chi connectivity index (χ4v) is 0.950. The Balaban J connectivity index is 2.61. The fourth-order valence-electron chi connectivity index (χ4n) is 0.702. The molecule has 0 saturated carbocycles. The first kappa shape index (κ1) is 6.55. The van der Waals surface area contributed by atoms with Crippen molar-refractivity contribution in [3.63, 3.8) is 0 Å². The van der Waals surface area contributed by atoms with Crippen molar-refractivity contribution in [2.45, 2.75) is 5.50 Å². The topological polar surface area (TPSA) is 6.48 Å². The van der Waals surface area contributed by atoms with Crippen LogP contribution in [0, 0.1) is 0 Å². The van der Waals surface area contributed by atoms with E-state index in [4.69, 9.17) is 0 Å². The highest BCUT2D eigenvalue weighted by Crippen LogP contribution is 2.15. The van der Waals surface area contributed by atoms with Crippen LogP contribution in [0.4, 0.5) is 0 Å². The molecule has 0 fully saturated rings. The van der Waals surface area contributed by atoms with Crippen molar-refractivity contribution in [2.75, 3.05) is 7.05 Å². The van der Waals surface area contributed by atoms with Gasteiger partial charge >= 0.3 is 0 Å². The highest BCUT2D eigenvalue weighted by atomic mass is 32.1. The zero-order valence-corrected chi connectivity index (χ0v) is 6.25. The first-order chi connectivity index (χ1) is 4.25. The van der Waals surface area contributed by atoms with Crippen molar-refractivity contribution in [3.8, 4) is 0 Å². The third-order valence-electron chi connectivity index (χ3n) is 1.32. The number of hydrogen-bond acceptors (Lipinski definition) is 3. The van der Waals surface area contributed by atoms with Crippen LogP contribution < -0.4 is 0 Å². The van der Waals surface area contributed by atoms with Crippen LogP contribution in [-0.2, 0) is 0 Å². The highest BCUT2D eigenvalue weighted by molar-refractivity contribution is 7.80. The summed E-state index contributed by atoms with van der Waals surface area (Å²) in [5, 5.41) is 0. The van der Waals surface area contributed by atoms with E-state index in [1.807, 2.05) is 29.2 Å². The predicted octanol–water partition coefficient (Wildman–Crippen LogP) is 1.06. The summed E-state index contributed by atoms with van der Waals surface area (Å²) < 4.78 is 0. The van der Waals surface area contributed by atoms with Crippen LogP contribution in [0.5, 0.6) is 0 Å². The first-order valence-corrected chi connectivity index (χ1v) is 3.25. The van der Waals surface area contributed by atoms with Crippen LogP contribution in [-0.4, -0.2) is 22.3 Å². The van der Waals surface area contributed by atoms with Crippen LogP contribution in [0.25, 0.3) is 0 Å². The SMILES string of the molecule is C=CN1C=CN(C)C1S. The van der Waals surface area contributed by atoms with E-state index in [0.29, 0.717) is 0 Å². The summed E-state index contributed by atoms with van der Waals surface area (Å²) in [5.74, 6) is 0. The van der Waals surface area contributed by atoms with Gasteiger partial charge in [-0.25, -0.2) is 0 Å². The smallest absolute Gasteiger partial charge is 0.150 e. The molecule has 9 heavy (non-hydrogen) atoms. The zero-order chi connectivity index (χ0) is 6.85. The Morgan fingerprint density at radius 3 is 2.56 bits per heavy atom. The van der Waals surface area contributed by atoms with Gasteiger partial charge in [-0.1, -0.05) is 6.58 Å². The number of rotatable bonds is 1. The summed E-state index contributed by atoms with van der Waals surface area (Å²) in [6.45, 7) is 3.63. The molecule has 0 aromatic heterocycles. The summed E-state index contributed by atoms with van der Waals surface area (Å²) in [5.41, 5.74) is 0.127. The maximum absolute atomic E-state index is 4.28. The van der Waals surface area contributed by atoms with Crippen LogP contribution in [0.15, 0.2) is 25.2 Å². The van der Waals surface area contributed by atoms with Gasteiger partial charge in [0.1, 0.15) is 0 Å². The molecule has 0 aromatic rings. The Labute approximate surface area is 60.9 Å². The van der Waals surface area contributed by atoms with E-state index in [1.165, 1.54) is 0 Å². The predicted molar refractivity (Wildman–Crippen MR) is 41.7 cm³/mol. The third-order valence-corrected chi connectivity index (χ3v) is 1.95. The summed E-state index contributed by atoms with van der Waals surface area (Å²) >= 11 is 4.28. The van der Waals surface area contributed by atoms with Crippen molar-refractivity contribution >= 4 is 12.6 Å². The second-order valence-corrected chi connectivity index (χ2v) is 2.40. The summed E-state index contributed by atoms with van der Waals surface area (Å²) in [7, 11) is 1.97. The van der Waals surface area contributed by atoms with E-state index in [0.717, 1.165) is 0 Å². The van der Waals surface area contributed by atoms with Crippen molar-refractivity contribution < 1.29 is 0 Å². The molecule has 0 N–H and O–H groups in total. The highest BCUT2D eigenvalue weighted by Gasteiger charge is 2.15. The minimum Gasteiger partial charge on any atom is -0.351 e. The maximum atomic E-state index is 4.28. The first-order valence-electron chi connectivity index (χ1n) is 2.74. The largest absolute Gasteiger partial charge is 0.351 e. The molecule has 1 unspecified atom stereocenters. The average molecular weight is 142 g/mol. The number of thiol groups is 1. The molecule has 1 atom stereocenters. The second-order valence-electron chi connectivity index (χ2n) is 1.94. The van der Waals surface area contributed by atoms with Gasteiger partial charge < -0.3 is 9.80 Å². The molecular formula is C6H10N2S. The molecule has 0 saturated heterocycles. The van der Waals surface area contributed by atoms with Gasteiger partial charge in [-0.05, 0) is 6.20 Å². The Kier molecular flexibility index (Phi) is 1.71. The van der Waals surface area contributed by atoms with Crippen LogP contribution in [0.2, 0.25) is 0 Å². The molecule has 1 rings (SSSR count). The average Bonchev–Trinajstić information content (AvgIpc) is 2.15. The van der Waals surface area contributed by atoms with E-state index in [2.05, 4.69) is 19.2 Å². The molecule has 0 radical (unpaired) electrons. The van der Waals surface area contributed by atoms with Crippen LogP contribution in [0.3, 0.4) is 0 Å². The molecule has 0 spiro atoms. The van der Waals surface area contributed by atoms with E-state index < -0.39 is 0 Å². The molecule has 50 valence electrons. The lowest BCUT2D eigenvalue weighted by molar-refractivity contribution is 0.327. The lowest BCUT2D eigenvalue weighted by Crippen LogP contribution is -2.27. The van der Waals surface area contributed by atoms with Gasteiger partial charge in [0.2, 0.25) is 0 Å². The lowest BCUT2D eigenvalue weighted by Gasteiger charge is -2.21. The van der Waals surface area contributed by atoms with Gasteiger partial charge in [0, 0.05) is 19.4 Å². The summed E-state index contributed by atoms with van der Waals surface area (Å²) in [6.07, 6.45) is 5.64. The van der Waals surface area contributed by atoms with Gasteiger partial charge in [-0.3, -0.25) is 0 Å². The molecular weight excluding hydrogens is 132 g/mol. The Hall–Kier alpha value is -0.570. The van der Waals surface area contributed by atoms with Gasteiger partial charge in [-0.2, -0.15) is 0 Å². The van der Waals surface area contributed by atoms with Gasteiger partial charge in [-0.15, -0.1) is 12.6 Å². The molecule has 0 aromatic carbocycles. The Bertz CT molecular complexity index is 144. The standard InChI is InChI=1S/C6H10N2S/c1-3-8-5-4-7(2)6(8)9/h3-6,9H,1H2,2H3. The minimum absolute atomic E-state index is 0.127. The van der Waals surface area contributed by atoms with E-state index in [-0.39, 0.29) is 5.50 Å². The zero-order valence-electron chi connectivity index (χ0n) is 5.36. The van der Waals surface area contributed by atoms with Crippen molar-refractivity contribution in [1.82, 2.24) is 9.80 Å². The molecule has 1 aliphatic heterocycles. The van der Waals surface area contributed by atoms with Crippen molar-refractivity contribution in [3.05, 3.63) is 25.2 Å². The third kappa shape index (κ3) is 1.05. The second kappa shape index (κ2) is 2.35.